The minimum absolute atomic E-state index is 0.134. The largest absolute Gasteiger partial charge is 0.477 e. The van der Waals surface area contributed by atoms with Crippen LogP contribution >= 0.6 is 34.4 Å². The van der Waals surface area contributed by atoms with Crippen molar-refractivity contribution >= 4 is 51.3 Å². The molecule has 0 unspecified atom stereocenters. The molecule has 0 aliphatic carbocycles. The zero-order valence-electron chi connectivity index (χ0n) is 11.5. The number of aryl methyl sites for hydroxylation is 2. The van der Waals surface area contributed by atoms with Crippen molar-refractivity contribution in [3.05, 3.63) is 32.6 Å². The predicted octanol–water partition coefficient (Wildman–Crippen LogP) is 3.39. The van der Waals surface area contributed by atoms with Crippen LogP contribution < -0.4 is 5.32 Å². The number of nitrogens with one attached hydrogen (secondary N) is 1. The molecule has 0 atom stereocenters. The fraction of sp³-hybridized carbons (Fsp3) is 0.308. The van der Waals surface area contributed by atoms with Crippen LogP contribution in [0.5, 0.6) is 0 Å². The first-order valence-electron chi connectivity index (χ1n) is 6.08. The van der Waals surface area contributed by atoms with Gasteiger partial charge in [0.25, 0.3) is 0 Å². The molecule has 21 heavy (non-hydrogen) atoms. The highest BCUT2D eigenvalue weighted by Gasteiger charge is 2.13. The number of carbonyl (C=O) groups is 2. The van der Waals surface area contributed by atoms with E-state index < -0.39 is 5.97 Å². The van der Waals surface area contributed by atoms with Crippen LogP contribution in [-0.4, -0.2) is 27.7 Å². The number of amides is 1. The van der Waals surface area contributed by atoms with Crippen molar-refractivity contribution in [3.63, 3.8) is 0 Å². The Morgan fingerprint density at radius 1 is 1.43 bits per heavy atom. The minimum atomic E-state index is -0.966. The van der Waals surface area contributed by atoms with E-state index in [4.69, 9.17) is 5.11 Å². The molecule has 0 aliphatic heterocycles. The molecule has 2 N–H and O–H groups in total. The number of thiazole rings is 1. The molecule has 2 rings (SSSR count). The van der Waals surface area contributed by atoms with Gasteiger partial charge in [-0.2, -0.15) is 0 Å². The average Bonchev–Trinajstić information content (AvgIpc) is 2.96. The van der Waals surface area contributed by atoms with Crippen LogP contribution in [0.25, 0.3) is 0 Å². The Labute approximate surface area is 134 Å². The number of anilines is 1. The number of carboxylic acid groups (broad SMARTS) is 1. The summed E-state index contributed by atoms with van der Waals surface area (Å²) in [4.78, 5) is 27.3. The van der Waals surface area contributed by atoms with Gasteiger partial charge in [-0.1, -0.05) is 0 Å². The van der Waals surface area contributed by atoms with Gasteiger partial charge >= 0.3 is 5.97 Å². The number of carboxylic acids is 1. The van der Waals surface area contributed by atoms with Crippen LogP contribution in [0.2, 0.25) is 0 Å². The number of hydrogen-bond acceptors (Lipinski definition) is 6. The number of thiophene rings is 1. The van der Waals surface area contributed by atoms with Crippen LogP contribution in [0, 0.1) is 13.8 Å². The predicted molar refractivity (Wildman–Crippen MR) is 87.7 cm³/mol. The van der Waals surface area contributed by atoms with Crippen molar-refractivity contribution in [2.45, 2.75) is 19.6 Å². The van der Waals surface area contributed by atoms with Gasteiger partial charge in [-0.05, 0) is 25.5 Å². The molecule has 0 spiro atoms. The fourth-order valence-electron chi connectivity index (χ4n) is 1.65. The van der Waals surface area contributed by atoms with E-state index in [1.54, 1.807) is 24.3 Å². The second kappa shape index (κ2) is 7.06. The van der Waals surface area contributed by atoms with Gasteiger partial charge in [0, 0.05) is 11.1 Å². The van der Waals surface area contributed by atoms with Crippen molar-refractivity contribution in [2.75, 3.05) is 11.1 Å². The fourth-order valence-corrected chi connectivity index (χ4v) is 4.01. The molecule has 2 aromatic rings. The number of rotatable bonds is 6. The lowest BCUT2D eigenvalue weighted by atomic mass is 10.3. The minimum Gasteiger partial charge on any atom is -0.477 e. The van der Waals surface area contributed by atoms with Gasteiger partial charge in [-0.25, -0.2) is 9.78 Å². The van der Waals surface area contributed by atoms with Gasteiger partial charge in [0.1, 0.15) is 4.88 Å². The summed E-state index contributed by atoms with van der Waals surface area (Å²) < 4.78 is 0. The van der Waals surface area contributed by atoms with Crippen molar-refractivity contribution < 1.29 is 14.7 Å². The number of aromatic carboxylic acids is 1. The Kier molecular flexibility index (Phi) is 5.38. The van der Waals surface area contributed by atoms with E-state index in [-0.39, 0.29) is 10.8 Å². The van der Waals surface area contributed by atoms with E-state index in [9.17, 15) is 9.59 Å². The van der Waals surface area contributed by atoms with E-state index in [0.717, 1.165) is 22.0 Å². The Hall–Kier alpha value is -1.38. The molecule has 8 heteroatoms. The summed E-state index contributed by atoms with van der Waals surface area (Å²) in [6, 6.07) is 1.68. The van der Waals surface area contributed by atoms with Crippen LogP contribution in [0.4, 0.5) is 5.00 Å². The zero-order chi connectivity index (χ0) is 15.4. The third-order valence-corrected chi connectivity index (χ3v) is 5.45. The number of carbonyl (C=O) groups excluding carboxylic acids is 1. The van der Waals surface area contributed by atoms with Crippen molar-refractivity contribution in [1.29, 1.82) is 0 Å². The van der Waals surface area contributed by atoms with Gasteiger partial charge in [0.2, 0.25) is 5.91 Å². The molecule has 2 aromatic heterocycles. The summed E-state index contributed by atoms with van der Waals surface area (Å²) in [5.74, 6) is -0.0891. The summed E-state index contributed by atoms with van der Waals surface area (Å²) in [5.41, 5.74) is 1.64. The normalized spacial score (nSPS) is 10.6. The molecule has 2 heterocycles. The lowest BCUT2D eigenvalue weighted by Crippen LogP contribution is -2.13. The number of thioether (sulfide) groups is 1. The Balaban J connectivity index is 1.81. The van der Waals surface area contributed by atoms with Gasteiger partial charge in [-0.15, -0.1) is 34.4 Å². The van der Waals surface area contributed by atoms with Crippen molar-refractivity contribution in [1.82, 2.24) is 4.98 Å². The number of aromatic nitrogens is 1. The Bertz CT molecular complexity index is 663. The van der Waals surface area contributed by atoms with Crippen LogP contribution in [0.1, 0.15) is 25.9 Å². The molecular formula is C13H14N2O3S3. The highest BCUT2D eigenvalue weighted by Crippen LogP contribution is 2.26. The van der Waals surface area contributed by atoms with E-state index in [1.807, 2.05) is 12.3 Å². The molecule has 0 saturated carbocycles. The summed E-state index contributed by atoms with van der Waals surface area (Å²) in [6.45, 7) is 3.67. The maximum Gasteiger partial charge on any atom is 0.346 e. The summed E-state index contributed by atoms with van der Waals surface area (Å²) >= 11 is 4.16. The first-order chi connectivity index (χ1) is 9.95. The first-order valence-corrected chi connectivity index (χ1v) is 8.93. The van der Waals surface area contributed by atoms with Crippen molar-refractivity contribution in [2.24, 2.45) is 0 Å². The molecule has 0 saturated heterocycles. The second-order valence-electron chi connectivity index (χ2n) is 4.33. The third kappa shape index (κ3) is 4.55. The van der Waals surface area contributed by atoms with E-state index in [0.29, 0.717) is 22.1 Å². The average molecular weight is 342 g/mol. The van der Waals surface area contributed by atoms with Gasteiger partial charge < -0.3 is 10.4 Å². The Morgan fingerprint density at radius 3 is 2.76 bits per heavy atom. The van der Waals surface area contributed by atoms with Crippen molar-refractivity contribution in [3.8, 4) is 0 Å². The SMILES string of the molecule is Cc1nc(CSCC(=O)Nc2cc(C)c(C(=O)O)s2)cs1. The molecule has 1 amide bonds. The number of hydrogen-bond donors (Lipinski definition) is 2. The standard InChI is InChI=1S/C13H14N2O3S3/c1-7-3-11(21-12(7)13(17)18)15-10(16)6-19-4-9-5-20-8(2)14-9/h3,5H,4,6H2,1-2H3,(H,15,16)(H,17,18). The van der Waals surface area contributed by atoms with Crippen LogP contribution in [-0.2, 0) is 10.5 Å². The van der Waals surface area contributed by atoms with E-state index in [2.05, 4.69) is 10.3 Å². The summed E-state index contributed by atoms with van der Waals surface area (Å²) in [6.07, 6.45) is 0. The molecule has 0 fully saturated rings. The zero-order valence-corrected chi connectivity index (χ0v) is 14.0. The monoisotopic (exact) mass is 342 g/mol. The molecule has 112 valence electrons. The number of nitrogens with zero attached hydrogens (tertiary/aromatic N) is 1. The lowest BCUT2D eigenvalue weighted by molar-refractivity contribution is -0.113. The molecule has 0 radical (unpaired) electrons. The maximum atomic E-state index is 11.8. The summed E-state index contributed by atoms with van der Waals surface area (Å²) in [7, 11) is 0. The lowest BCUT2D eigenvalue weighted by Gasteiger charge is -2.01. The van der Waals surface area contributed by atoms with Crippen LogP contribution in [0.15, 0.2) is 11.4 Å². The molecule has 0 aromatic carbocycles. The molecule has 5 nitrogen and oxygen atoms in total. The highest BCUT2D eigenvalue weighted by atomic mass is 32.2. The third-order valence-electron chi connectivity index (χ3n) is 2.52. The van der Waals surface area contributed by atoms with E-state index in [1.165, 1.54) is 11.8 Å². The molecule has 0 aliphatic rings. The Morgan fingerprint density at radius 2 is 2.19 bits per heavy atom. The van der Waals surface area contributed by atoms with Gasteiger partial charge in [-0.3, -0.25) is 4.79 Å². The first kappa shape index (κ1) is 16.0. The second-order valence-corrected chi connectivity index (χ2v) is 7.43. The topological polar surface area (TPSA) is 79.3 Å². The van der Waals surface area contributed by atoms with Gasteiger partial charge in [0.15, 0.2) is 0 Å². The smallest absolute Gasteiger partial charge is 0.346 e. The van der Waals surface area contributed by atoms with Gasteiger partial charge in [0.05, 0.1) is 21.5 Å². The quantitative estimate of drug-likeness (QED) is 0.841. The molecule has 0 bridgehead atoms. The molecular weight excluding hydrogens is 328 g/mol. The van der Waals surface area contributed by atoms with E-state index >= 15 is 0 Å². The highest BCUT2D eigenvalue weighted by molar-refractivity contribution is 7.99. The van der Waals surface area contributed by atoms with Crippen LogP contribution in [0.3, 0.4) is 0 Å². The maximum absolute atomic E-state index is 11.8. The summed E-state index contributed by atoms with van der Waals surface area (Å²) in [5, 5.41) is 15.3.